The van der Waals surface area contributed by atoms with Crippen molar-refractivity contribution in [1.82, 2.24) is 4.57 Å². The molecule has 32 heavy (non-hydrogen) atoms. The summed E-state index contributed by atoms with van der Waals surface area (Å²) in [6.45, 7) is 15.2. The third-order valence-electron chi connectivity index (χ3n) is 5.08. The zero-order valence-corrected chi connectivity index (χ0v) is 21.4. The average Bonchev–Trinajstić information content (AvgIpc) is 2.67. The van der Waals surface area contributed by atoms with Crippen molar-refractivity contribution in [3.05, 3.63) is 34.2 Å². The molecule has 1 aromatic carbocycles. The summed E-state index contributed by atoms with van der Waals surface area (Å²) in [4.78, 5) is 25.6. The molecule has 0 aliphatic rings. The lowest BCUT2D eigenvalue weighted by Gasteiger charge is -2.25. The maximum atomic E-state index is 13.3. The summed E-state index contributed by atoms with van der Waals surface area (Å²) in [5, 5.41) is 1.23. The minimum absolute atomic E-state index is 0. The average molecular weight is 467 g/mol. The first-order valence-corrected chi connectivity index (χ1v) is 11.1. The Morgan fingerprint density at radius 2 is 1.72 bits per heavy atom. The maximum Gasteiger partial charge on any atom is 0.258 e. The van der Waals surface area contributed by atoms with E-state index in [2.05, 4.69) is 27.7 Å². The monoisotopic (exact) mass is 466 g/mol. The number of carbonyl (C=O) groups excluding carboxylic acids is 1. The number of aromatic nitrogens is 1. The molecule has 2 aromatic rings. The largest absolute Gasteiger partial charge is 0.491 e. The highest BCUT2D eigenvalue weighted by molar-refractivity contribution is 5.90. The van der Waals surface area contributed by atoms with E-state index >= 15 is 0 Å². The number of fused-ring (bicyclic) bond motifs is 1. The van der Waals surface area contributed by atoms with Crippen molar-refractivity contribution < 1.29 is 14.3 Å². The van der Waals surface area contributed by atoms with Crippen LogP contribution in [0.2, 0.25) is 0 Å². The van der Waals surface area contributed by atoms with E-state index in [9.17, 15) is 9.59 Å². The lowest BCUT2D eigenvalue weighted by atomic mass is 9.91. The fourth-order valence-electron chi connectivity index (χ4n) is 3.22. The Balaban J connectivity index is 0.00000512. The molecule has 0 atom stereocenters. The van der Waals surface area contributed by atoms with E-state index in [0.717, 1.165) is 12.8 Å². The molecule has 0 fully saturated rings. The highest BCUT2D eigenvalue weighted by atomic mass is 35.5. The van der Waals surface area contributed by atoms with Gasteiger partial charge in [-0.05, 0) is 30.0 Å². The normalized spacial score (nSPS) is 11.9. The van der Waals surface area contributed by atoms with Crippen LogP contribution in [-0.2, 0) is 17.9 Å². The molecule has 7 heteroatoms. The number of Topliss-reactive ketones (excluding diaryl/α,β-unsaturated/α-hetero) is 1. The van der Waals surface area contributed by atoms with Crippen LogP contribution in [0.15, 0.2) is 23.0 Å². The van der Waals surface area contributed by atoms with E-state index in [0.29, 0.717) is 41.1 Å². The van der Waals surface area contributed by atoms with Crippen LogP contribution in [-0.4, -0.2) is 23.6 Å². The van der Waals surface area contributed by atoms with Crippen molar-refractivity contribution in [2.45, 2.75) is 74.4 Å². The number of pyridine rings is 1. The first-order chi connectivity index (χ1) is 14.4. The molecule has 2 N–H and O–H groups in total. The minimum atomic E-state index is -0.474. The fraction of sp³-hybridized carbons (Fsp3) is 0.600. The molecular formula is C25H39ClN2O4. The van der Waals surface area contributed by atoms with E-state index in [1.165, 1.54) is 0 Å². The summed E-state index contributed by atoms with van der Waals surface area (Å²) < 4.78 is 13.7. The number of carbonyl (C=O) groups is 1. The third-order valence-corrected chi connectivity index (χ3v) is 5.08. The molecule has 2 rings (SSSR count). The Labute approximate surface area is 197 Å². The lowest BCUT2D eigenvalue weighted by molar-refractivity contribution is -0.128. The van der Waals surface area contributed by atoms with Gasteiger partial charge in [0.1, 0.15) is 18.1 Å². The van der Waals surface area contributed by atoms with Crippen molar-refractivity contribution >= 4 is 29.0 Å². The molecule has 0 radical (unpaired) electrons. The summed E-state index contributed by atoms with van der Waals surface area (Å²) in [6.07, 6.45) is 1.90. The van der Waals surface area contributed by atoms with Gasteiger partial charge in [-0.3, -0.25) is 9.59 Å². The highest BCUT2D eigenvalue weighted by Gasteiger charge is 2.23. The number of ketones is 1. The topological polar surface area (TPSA) is 83.6 Å². The second-order valence-corrected chi connectivity index (χ2v) is 10.3. The first-order valence-electron chi connectivity index (χ1n) is 11.1. The number of halogens is 1. The molecule has 0 saturated carbocycles. The molecular weight excluding hydrogens is 428 g/mol. The molecule has 0 saturated heterocycles. The van der Waals surface area contributed by atoms with Gasteiger partial charge in [0.2, 0.25) is 0 Å². The van der Waals surface area contributed by atoms with E-state index in [1.807, 2.05) is 20.8 Å². The highest BCUT2D eigenvalue weighted by Crippen LogP contribution is 2.32. The van der Waals surface area contributed by atoms with Gasteiger partial charge in [0.15, 0.2) is 5.78 Å². The molecule has 1 aromatic heterocycles. The van der Waals surface area contributed by atoms with Crippen LogP contribution in [0.3, 0.4) is 0 Å². The third kappa shape index (κ3) is 6.97. The SMILES string of the molecule is CCCCOc1c(CN)n(CC(C)(C)C)c(=O)c2ccc(OCC(=O)C(C)(C)C)cc12.Cl. The standard InChI is InChI=1S/C25H38N2O4.ClH/c1-8-9-12-30-22-19-13-17(31-15-21(28)25(5,6)7)10-11-18(19)23(29)27(20(22)14-26)16-24(2,3)4;/h10-11,13H,8-9,12,14-16,26H2,1-7H3;1H. The molecule has 0 aliphatic carbocycles. The van der Waals surface area contributed by atoms with Gasteiger partial charge in [0.05, 0.1) is 17.7 Å². The van der Waals surface area contributed by atoms with Crippen molar-refractivity contribution in [1.29, 1.82) is 0 Å². The zero-order valence-electron chi connectivity index (χ0n) is 20.5. The number of rotatable bonds is 9. The summed E-state index contributed by atoms with van der Waals surface area (Å²) in [5.74, 6) is 1.17. The summed E-state index contributed by atoms with van der Waals surface area (Å²) in [6, 6.07) is 5.27. The minimum Gasteiger partial charge on any atom is -0.491 e. The van der Waals surface area contributed by atoms with Gasteiger partial charge in [-0.1, -0.05) is 54.9 Å². The van der Waals surface area contributed by atoms with Gasteiger partial charge in [0, 0.05) is 23.9 Å². The van der Waals surface area contributed by atoms with Gasteiger partial charge in [-0.15, -0.1) is 12.4 Å². The lowest BCUT2D eigenvalue weighted by Crippen LogP contribution is -2.31. The second kappa shape index (κ2) is 11.2. The smallest absolute Gasteiger partial charge is 0.258 e. The number of benzene rings is 1. The van der Waals surface area contributed by atoms with Gasteiger partial charge in [-0.2, -0.15) is 0 Å². The van der Waals surface area contributed by atoms with Gasteiger partial charge in [0.25, 0.3) is 5.56 Å². The Morgan fingerprint density at radius 1 is 1.06 bits per heavy atom. The van der Waals surface area contributed by atoms with Crippen molar-refractivity contribution in [3.63, 3.8) is 0 Å². The van der Waals surface area contributed by atoms with Crippen molar-refractivity contribution in [2.24, 2.45) is 16.6 Å². The van der Waals surface area contributed by atoms with Gasteiger partial charge >= 0.3 is 0 Å². The Bertz CT molecular complexity index is 985. The number of ether oxygens (including phenoxy) is 2. The molecule has 0 amide bonds. The van der Waals surface area contributed by atoms with Crippen LogP contribution in [0, 0.1) is 10.8 Å². The van der Waals surface area contributed by atoms with Crippen molar-refractivity contribution in [3.8, 4) is 11.5 Å². The van der Waals surface area contributed by atoms with Crippen LogP contribution in [0.1, 0.15) is 67.0 Å². The summed E-state index contributed by atoms with van der Waals surface area (Å²) in [7, 11) is 0. The van der Waals surface area contributed by atoms with E-state index in [1.54, 1.807) is 22.8 Å². The van der Waals surface area contributed by atoms with Crippen LogP contribution >= 0.6 is 12.4 Å². The van der Waals surface area contributed by atoms with Gasteiger partial charge < -0.3 is 19.8 Å². The second-order valence-electron chi connectivity index (χ2n) is 10.3. The number of nitrogens with zero attached hydrogens (tertiary/aromatic N) is 1. The zero-order chi connectivity index (χ0) is 23.4. The van der Waals surface area contributed by atoms with Crippen LogP contribution in [0.5, 0.6) is 11.5 Å². The van der Waals surface area contributed by atoms with E-state index in [-0.39, 0.29) is 42.3 Å². The van der Waals surface area contributed by atoms with Gasteiger partial charge in [-0.25, -0.2) is 0 Å². The molecule has 0 unspecified atom stereocenters. The molecule has 1 heterocycles. The number of hydrogen-bond donors (Lipinski definition) is 1. The summed E-state index contributed by atoms with van der Waals surface area (Å²) >= 11 is 0. The molecule has 180 valence electrons. The molecule has 0 aliphatic heterocycles. The van der Waals surface area contributed by atoms with E-state index in [4.69, 9.17) is 15.2 Å². The molecule has 0 bridgehead atoms. The number of nitrogens with two attached hydrogens (primary N) is 1. The van der Waals surface area contributed by atoms with Crippen LogP contribution < -0.4 is 20.8 Å². The molecule has 0 spiro atoms. The van der Waals surface area contributed by atoms with Crippen LogP contribution in [0.25, 0.3) is 10.8 Å². The quantitative estimate of drug-likeness (QED) is 0.519. The Kier molecular flexibility index (Phi) is 9.79. The van der Waals surface area contributed by atoms with Crippen molar-refractivity contribution in [2.75, 3.05) is 13.2 Å². The Hall–Kier alpha value is -2.05. The van der Waals surface area contributed by atoms with E-state index < -0.39 is 5.41 Å². The number of hydrogen-bond acceptors (Lipinski definition) is 5. The predicted octanol–water partition coefficient (Wildman–Crippen LogP) is 5.10. The molecule has 6 nitrogen and oxygen atoms in total. The predicted molar refractivity (Wildman–Crippen MR) is 133 cm³/mol. The number of unbranched alkanes of at least 4 members (excludes halogenated alkanes) is 1. The maximum absolute atomic E-state index is 13.3. The summed E-state index contributed by atoms with van der Waals surface area (Å²) in [5.41, 5.74) is 6.13. The fourth-order valence-corrected chi connectivity index (χ4v) is 3.22. The Morgan fingerprint density at radius 3 is 2.25 bits per heavy atom. The van der Waals surface area contributed by atoms with Crippen LogP contribution in [0.4, 0.5) is 0 Å². The first kappa shape index (κ1) is 28.0.